The van der Waals surface area contributed by atoms with Gasteiger partial charge in [0, 0.05) is 35.9 Å². The lowest BCUT2D eigenvalue weighted by molar-refractivity contribution is -0.140. The highest BCUT2D eigenvalue weighted by atomic mass is 32.2. The number of nitrogens with zero attached hydrogens (tertiary/aromatic N) is 1. The summed E-state index contributed by atoms with van der Waals surface area (Å²) in [4.78, 5) is 25.0. The van der Waals surface area contributed by atoms with Gasteiger partial charge in [0.05, 0.1) is 12.0 Å². The molecule has 0 heterocycles. The SMILES string of the molecule is CC(CNC(=O)N(C)C1(CC(=O)O)CCCCC1)S(C)=O. The molecule has 122 valence electrons. The highest BCUT2D eigenvalue weighted by Crippen LogP contribution is 2.35. The summed E-state index contributed by atoms with van der Waals surface area (Å²) >= 11 is 0. The number of carboxylic acids is 1. The summed E-state index contributed by atoms with van der Waals surface area (Å²) in [7, 11) is 0.672. The first-order valence-corrected chi connectivity index (χ1v) is 8.96. The summed E-state index contributed by atoms with van der Waals surface area (Å²) in [6.07, 6.45) is 6.00. The van der Waals surface area contributed by atoms with Gasteiger partial charge in [-0.3, -0.25) is 9.00 Å². The number of nitrogens with one attached hydrogen (secondary N) is 1. The maximum absolute atomic E-state index is 12.3. The van der Waals surface area contributed by atoms with Gasteiger partial charge in [0.15, 0.2) is 0 Å². The Labute approximate surface area is 128 Å². The molecule has 0 aromatic rings. The molecule has 2 N–H and O–H groups in total. The van der Waals surface area contributed by atoms with E-state index in [0.29, 0.717) is 6.54 Å². The van der Waals surface area contributed by atoms with Crippen molar-refractivity contribution < 1.29 is 18.9 Å². The number of hydrogen-bond donors (Lipinski definition) is 2. The van der Waals surface area contributed by atoms with Crippen molar-refractivity contribution in [2.45, 2.75) is 56.2 Å². The minimum Gasteiger partial charge on any atom is -0.481 e. The molecule has 2 unspecified atom stereocenters. The maximum atomic E-state index is 12.3. The van der Waals surface area contributed by atoms with Gasteiger partial charge in [0.2, 0.25) is 0 Å². The summed E-state index contributed by atoms with van der Waals surface area (Å²) in [5.41, 5.74) is -0.594. The van der Waals surface area contributed by atoms with E-state index in [1.807, 2.05) is 6.92 Å². The second-order valence-corrected chi connectivity index (χ2v) is 7.71. The second-order valence-electron chi connectivity index (χ2n) is 5.91. The zero-order valence-corrected chi connectivity index (χ0v) is 13.9. The fourth-order valence-corrected chi connectivity index (χ4v) is 3.12. The molecule has 1 fully saturated rings. The topological polar surface area (TPSA) is 86.7 Å². The molecule has 0 radical (unpaired) electrons. The molecule has 1 saturated carbocycles. The first-order chi connectivity index (χ1) is 9.78. The van der Waals surface area contributed by atoms with E-state index in [-0.39, 0.29) is 17.7 Å². The van der Waals surface area contributed by atoms with E-state index in [9.17, 15) is 13.8 Å². The van der Waals surface area contributed by atoms with Crippen LogP contribution in [0.1, 0.15) is 45.4 Å². The summed E-state index contributed by atoms with van der Waals surface area (Å²) < 4.78 is 11.3. The molecule has 1 rings (SSSR count). The zero-order valence-electron chi connectivity index (χ0n) is 13.1. The fourth-order valence-electron chi connectivity index (χ4n) is 2.80. The van der Waals surface area contributed by atoms with E-state index in [0.717, 1.165) is 32.1 Å². The summed E-state index contributed by atoms with van der Waals surface area (Å²) in [6, 6.07) is -0.282. The Morgan fingerprint density at radius 1 is 1.33 bits per heavy atom. The van der Waals surface area contributed by atoms with Gasteiger partial charge in [0.1, 0.15) is 0 Å². The van der Waals surface area contributed by atoms with Crippen molar-refractivity contribution in [1.82, 2.24) is 10.2 Å². The van der Waals surface area contributed by atoms with E-state index in [4.69, 9.17) is 5.11 Å². The van der Waals surface area contributed by atoms with Crippen LogP contribution in [0, 0.1) is 0 Å². The normalized spacial score (nSPS) is 20.3. The molecule has 0 bridgehead atoms. The standard InChI is InChI=1S/C14H26N2O4S/c1-11(21(3)20)10-15-13(19)16(2)14(9-12(17)18)7-5-4-6-8-14/h11H,4-10H2,1-3H3,(H,15,19)(H,17,18). The summed E-state index contributed by atoms with van der Waals surface area (Å²) in [6.45, 7) is 2.14. The van der Waals surface area contributed by atoms with Crippen LogP contribution in [-0.2, 0) is 15.6 Å². The number of hydrogen-bond acceptors (Lipinski definition) is 3. The number of carboxylic acid groups (broad SMARTS) is 1. The number of aliphatic carboxylic acids is 1. The number of carbonyl (C=O) groups is 2. The van der Waals surface area contributed by atoms with Crippen LogP contribution in [0.2, 0.25) is 0 Å². The molecule has 0 aliphatic heterocycles. The van der Waals surface area contributed by atoms with Crippen molar-refractivity contribution in [1.29, 1.82) is 0 Å². The third-order valence-corrected chi connectivity index (χ3v) is 5.69. The van der Waals surface area contributed by atoms with Crippen molar-refractivity contribution in [2.75, 3.05) is 19.8 Å². The van der Waals surface area contributed by atoms with Gasteiger partial charge >= 0.3 is 12.0 Å². The van der Waals surface area contributed by atoms with Crippen LogP contribution in [0.25, 0.3) is 0 Å². The highest BCUT2D eigenvalue weighted by Gasteiger charge is 2.40. The predicted octanol–water partition coefficient (Wildman–Crippen LogP) is 1.57. The van der Waals surface area contributed by atoms with Gasteiger partial charge in [-0.15, -0.1) is 0 Å². The van der Waals surface area contributed by atoms with Gasteiger partial charge in [0.25, 0.3) is 0 Å². The minimum absolute atomic E-state index is 0.0216. The lowest BCUT2D eigenvalue weighted by Crippen LogP contribution is -2.55. The second kappa shape index (κ2) is 7.77. The Hall–Kier alpha value is -1.11. The van der Waals surface area contributed by atoms with Gasteiger partial charge in [-0.05, 0) is 19.8 Å². The molecule has 0 saturated heterocycles. The summed E-state index contributed by atoms with van der Waals surface area (Å²) in [5, 5.41) is 11.8. The molecule has 0 aromatic heterocycles. The quantitative estimate of drug-likeness (QED) is 0.778. The van der Waals surface area contributed by atoms with Crippen LogP contribution in [0.3, 0.4) is 0 Å². The van der Waals surface area contributed by atoms with Crippen molar-refractivity contribution >= 4 is 22.8 Å². The Balaban J connectivity index is 2.70. The van der Waals surface area contributed by atoms with Crippen LogP contribution >= 0.6 is 0 Å². The number of rotatable bonds is 6. The van der Waals surface area contributed by atoms with E-state index in [1.165, 1.54) is 0 Å². The average molecular weight is 318 g/mol. The number of amides is 2. The largest absolute Gasteiger partial charge is 0.481 e. The Bertz CT molecular complexity index is 408. The molecule has 1 aliphatic rings. The third-order valence-electron chi connectivity index (χ3n) is 4.39. The van der Waals surface area contributed by atoms with Crippen LogP contribution in [-0.4, -0.2) is 56.9 Å². The monoisotopic (exact) mass is 318 g/mol. The predicted molar refractivity (Wildman–Crippen MR) is 82.8 cm³/mol. The van der Waals surface area contributed by atoms with Crippen LogP contribution < -0.4 is 5.32 Å². The molecular formula is C14H26N2O4S. The maximum Gasteiger partial charge on any atom is 0.317 e. The van der Waals surface area contributed by atoms with E-state index in [2.05, 4.69) is 5.32 Å². The highest BCUT2D eigenvalue weighted by molar-refractivity contribution is 7.84. The van der Waals surface area contributed by atoms with Crippen molar-refractivity contribution in [3.8, 4) is 0 Å². The zero-order chi connectivity index (χ0) is 16.0. The number of carbonyl (C=O) groups excluding carboxylic acids is 1. The molecule has 7 heteroatoms. The third kappa shape index (κ3) is 4.98. The first-order valence-electron chi connectivity index (χ1n) is 7.34. The Kier molecular flexibility index (Phi) is 6.64. The van der Waals surface area contributed by atoms with Gasteiger partial charge < -0.3 is 15.3 Å². The van der Waals surface area contributed by atoms with Gasteiger partial charge in [-0.1, -0.05) is 19.3 Å². The van der Waals surface area contributed by atoms with Crippen molar-refractivity contribution in [3.05, 3.63) is 0 Å². The van der Waals surface area contributed by atoms with Crippen LogP contribution in [0.4, 0.5) is 4.79 Å². The summed E-state index contributed by atoms with van der Waals surface area (Å²) in [5.74, 6) is -0.875. The van der Waals surface area contributed by atoms with Crippen LogP contribution in [0.5, 0.6) is 0 Å². The molecule has 1 aliphatic carbocycles. The number of urea groups is 1. The Morgan fingerprint density at radius 3 is 2.38 bits per heavy atom. The lowest BCUT2D eigenvalue weighted by Gasteiger charge is -2.43. The van der Waals surface area contributed by atoms with Crippen LogP contribution in [0.15, 0.2) is 0 Å². The Morgan fingerprint density at radius 2 is 1.90 bits per heavy atom. The molecule has 6 nitrogen and oxygen atoms in total. The van der Waals surface area contributed by atoms with E-state index < -0.39 is 22.3 Å². The van der Waals surface area contributed by atoms with E-state index >= 15 is 0 Å². The lowest BCUT2D eigenvalue weighted by atomic mass is 9.78. The molecule has 0 spiro atoms. The van der Waals surface area contributed by atoms with Gasteiger partial charge in [-0.25, -0.2) is 4.79 Å². The average Bonchev–Trinajstić information content (AvgIpc) is 2.43. The molecule has 21 heavy (non-hydrogen) atoms. The minimum atomic E-state index is -0.992. The van der Waals surface area contributed by atoms with Gasteiger partial charge in [-0.2, -0.15) is 0 Å². The van der Waals surface area contributed by atoms with Crippen molar-refractivity contribution in [3.63, 3.8) is 0 Å². The fraction of sp³-hybridized carbons (Fsp3) is 0.857. The molecular weight excluding hydrogens is 292 g/mol. The molecule has 2 atom stereocenters. The molecule has 2 amide bonds. The first kappa shape index (κ1) is 17.9. The smallest absolute Gasteiger partial charge is 0.317 e. The molecule has 0 aromatic carbocycles. The van der Waals surface area contributed by atoms with E-state index in [1.54, 1.807) is 18.2 Å². The van der Waals surface area contributed by atoms with Crippen molar-refractivity contribution in [2.24, 2.45) is 0 Å².